The maximum absolute atomic E-state index is 12.2. The van der Waals surface area contributed by atoms with Gasteiger partial charge in [0.25, 0.3) is 0 Å². The average molecular weight is 373 g/mol. The van der Waals surface area contributed by atoms with Gasteiger partial charge < -0.3 is 11.1 Å². The minimum atomic E-state index is -4.17. The summed E-state index contributed by atoms with van der Waals surface area (Å²) in [6, 6.07) is 15.0. The van der Waals surface area contributed by atoms with E-state index in [1.54, 1.807) is 24.3 Å². The molecule has 1 amide bonds. The van der Waals surface area contributed by atoms with Gasteiger partial charge >= 0.3 is 6.18 Å². The Balaban J connectivity index is 0.00000312. The van der Waals surface area contributed by atoms with Gasteiger partial charge in [-0.2, -0.15) is 13.2 Å². The Labute approximate surface area is 150 Å². The molecule has 0 aliphatic heterocycles. The maximum Gasteiger partial charge on any atom is 0.389 e. The number of alkyl halides is 3. The number of nitrogens with one attached hydrogen (secondary N) is 1. The van der Waals surface area contributed by atoms with Crippen LogP contribution >= 0.6 is 12.4 Å². The van der Waals surface area contributed by atoms with E-state index in [1.165, 1.54) is 0 Å². The van der Waals surface area contributed by atoms with Crippen molar-refractivity contribution in [2.24, 2.45) is 5.73 Å². The van der Waals surface area contributed by atoms with Crippen molar-refractivity contribution in [3.05, 3.63) is 65.7 Å². The summed E-state index contributed by atoms with van der Waals surface area (Å²) in [4.78, 5) is 12.1. The molecule has 0 spiro atoms. The molecule has 0 radical (unpaired) electrons. The van der Waals surface area contributed by atoms with Crippen molar-refractivity contribution in [2.45, 2.75) is 31.5 Å². The van der Waals surface area contributed by atoms with Gasteiger partial charge in [0.1, 0.15) is 0 Å². The van der Waals surface area contributed by atoms with Crippen LogP contribution in [0.25, 0.3) is 0 Å². The first-order chi connectivity index (χ1) is 11.3. The van der Waals surface area contributed by atoms with Gasteiger partial charge in [0, 0.05) is 12.1 Å². The summed E-state index contributed by atoms with van der Waals surface area (Å²) in [7, 11) is 0. The van der Waals surface area contributed by atoms with Crippen LogP contribution in [0.15, 0.2) is 54.6 Å². The average Bonchev–Trinajstić information content (AvgIpc) is 2.54. The molecule has 25 heavy (non-hydrogen) atoms. The summed E-state index contributed by atoms with van der Waals surface area (Å²) in [5.41, 5.74) is 7.93. The van der Waals surface area contributed by atoms with Gasteiger partial charge in [0.05, 0.1) is 6.04 Å². The van der Waals surface area contributed by atoms with E-state index in [0.29, 0.717) is 17.7 Å². The Morgan fingerprint density at radius 1 is 1.00 bits per heavy atom. The Morgan fingerprint density at radius 2 is 1.60 bits per heavy atom. The lowest BCUT2D eigenvalue weighted by Crippen LogP contribution is -2.37. The molecule has 0 aliphatic carbocycles. The van der Waals surface area contributed by atoms with E-state index in [9.17, 15) is 18.0 Å². The summed E-state index contributed by atoms with van der Waals surface area (Å²) >= 11 is 0. The second-order valence-corrected chi connectivity index (χ2v) is 5.60. The fourth-order valence-corrected chi connectivity index (χ4v) is 2.24. The third-order valence-corrected chi connectivity index (χ3v) is 3.55. The number of rotatable bonds is 6. The minimum Gasteiger partial charge on any atom is -0.325 e. The van der Waals surface area contributed by atoms with Crippen molar-refractivity contribution in [1.82, 2.24) is 0 Å². The summed E-state index contributed by atoms with van der Waals surface area (Å²) in [5, 5.41) is 2.68. The maximum atomic E-state index is 12.2. The number of amides is 1. The van der Waals surface area contributed by atoms with Crippen molar-refractivity contribution in [2.75, 3.05) is 5.32 Å². The van der Waals surface area contributed by atoms with Crippen LogP contribution in [-0.2, 0) is 17.6 Å². The largest absolute Gasteiger partial charge is 0.389 e. The first-order valence-corrected chi connectivity index (χ1v) is 7.59. The number of nitrogens with two attached hydrogens (primary N) is 1. The van der Waals surface area contributed by atoms with Gasteiger partial charge in [-0.05, 0) is 36.1 Å². The van der Waals surface area contributed by atoms with E-state index < -0.39 is 18.6 Å². The van der Waals surface area contributed by atoms with Gasteiger partial charge in [-0.15, -0.1) is 12.4 Å². The number of aryl methyl sites for hydroxylation is 1. The monoisotopic (exact) mass is 372 g/mol. The van der Waals surface area contributed by atoms with Crippen molar-refractivity contribution in [1.29, 1.82) is 0 Å². The second-order valence-electron chi connectivity index (χ2n) is 5.60. The van der Waals surface area contributed by atoms with E-state index in [2.05, 4.69) is 5.32 Å². The van der Waals surface area contributed by atoms with E-state index in [1.807, 2.05) is 30.3 Å². The molecular formula is C18H20ClF3N2O. The van der Waals surface area contributed by atoms with Crippen LogP contribution < -0.4 is 11.1 Å². The SMILES string of the molecule is Cl.N[C@@H](Cc1ccccc1)C(=O)Nc1ccc(CCC(F)(F)F)cc1. The predicted octanol–water partition coefficient (Wildman–Crippen LogP) is 4.11. The van der Waals surface area contributed by atoms with Crippen LogP contribution in [0, 0.1) is 0 Å². The van der Waals surface area contributed by atoms with Crippen LogP contribution in [-0.4, -0.2) is 18.1 Å². The molecule has 0 unspecified atom stereocenters. The van der Waals surface area contributed by atoms with Crippen LogP contribution in [0.4, 0.5) is 18.9 Å². The first kappa shape index (κ1) is 21.0. The molecule has 0 aliphatic rings. The highest BCUT2D eigenvalue weighted by atomic mass is 35.5. The summed E-state index contributed by atoms with van der Waals surface area (Å²) in [5.74, 6) is -0.332. The molecule has 7 heteroatoms. The standard InChI is InChI=1S/C18H19F3N2O.ClH/c19-18(20,21)11-10-13-6-8-15(9-7-13)23-17(24)16(22)12-14-4-2-1-3-5-14;/h1-9,16H,10-12,22H2,(H,23,24);1H/t16-;/m0./s1. The lowest BCUT2D eigenvalue weighted by Gasteiger charge is -2.13. The molecule has 0 aromatic heterocycles. The molecule has 0 saturated heterocycles. The van der Waals surface area contributed by atoms with Crippen molar-refractivity contribution >= 4 is 24.0 Å². The second kappa shape index (κ2) is 9.44. The Kier molecular flexibility index (Phi) is 7.93. The number of anilines is 1. The van der Waals surface area contributed by atoms with Crippen molar-refractivity contribution in [3.63, 3.8) is 0 Å². The fraction of sp³-hybridized carbons (Fsp3) is 0.278. The summed E-state index contributed by atoms with van der Waals surface area (Å²) in [6.45, 7) is 0. The third-order valence-electron chi connectivity index (χ3n) is 3.55. The van der Waals surface area contributed by atoms with Crippen LogP contribution in [0.1, 0.15) is 17.5 Å². The van der Waals surface area contributed by atoms with Crippen molar-refractivity contribution in [3.8, 4) is 0 Å². The first-order valence-electron chi connectivity index (χ1n) is 7.59. The van der Waals surface area contributed by atoms with Gasteiger partial charge in [-0.3, -0.25) is 4.79 Å². The van der Waals surface area contributed by atoms with E-state index >= 15 is 0 Å². The molecule has 0 heterocycles. The van der Waals surface area contributed by atoms with Gasteiger partial charge in [-0.25, -0.2) is 0 Å². The summed E-state index contributed by atoms with van der Waals surface area (Å²) < 4.78 is 36.6. The zero-order valence-electron chi connectivity index (χ0n) is 13.4. The zero-order valence-corrected chi connectivity index (χ0v) is 14.2. The number of hydrogen-bond acceptors (Lipinski definition) is 2. The molecule has 1 atom stereocenters. The quantitative estimate of drug-likeness (QED) is 0.801. The molecule has 3 nitrogen and oxygen atoms in total. The van der Waals surface area contributed by atoms with E-state index in [-0.39, 0.29) is 24.7 Å². The van der Waals surface area contributed by atoms with Gasteiger partial charge in [-0.1, -0.05) is 42.5 Å². The molecule has 0 saturated carbocycles. The number of carbonyl (C=O) groups is 1. The zero-order chi connectivity index (χ0) is 17.6. The number of hydrogen-bond donors (Lipinski definition) is 2. The summed E-state index contributed by atoms with van der Waals surface area (Å²) in [6.07, 6.45) is -4.70. The highest BCUT2D eigenvalue weighted by Crippen LogP contribution is 2.22. The molecule has 2 aromatic rings. The van der Waals surface area contributed by atoms with Gasteiger partial charge in [0.15, 0.2) is 0 Å². The molecule has 3 N–H and O–H groups in total. The van der Waals surface area contributed by atoms with Gasteiger partial charge in [0.2, 0.25) is 5.91 Å². The molecule has 2 aromatic carbocycles. The normalized spacial score (nSPS) is 12.2. The van der Waals surface area contributed by atoms with Crippen LogP contribution in [0.3, 0.4) is 0 Å². The van der Waals surface area contributed by atoms with Crippen LogP contribution in [0.5, 0.6) is 0 Å². The molecular weight excluding hydrogens is 353 g/mol. The number of carbonyl (C=O) groups excluding carboxylic acids is 1. The molecule has 2 rings (SSSR count). The van der Waals surface area contributed by atoms with E-state index in [0.717, 1.165) is 5.56 Å². The topological polar surface area (TPSA) is 55.1 Å². The Morgan fingerprint density at radius 3 is 2.16 bits per heavy atom. The van der Waals surface area contributed by atoms with Crippen molar-refractivity contribution < 1.29 is 18.0 Å². The number of benzene rings is 2. The Hall–Kier alpha value is -2.05. The predicted molar refractivity (Wildman–Crippen MR) is 94.8 cm³/mol. The molecule has 136 valence electrons. The molecule has 0 fully saturated rings. The highest BCUT2D eigenvalue weighted by molar-refractivity contribution is 5.94. The Bertz CT molecular complexity index is 660. The lowest BCUT2D eigenvalue weighted by atomic mass is 10.1. The third kappa shape index (κ3) is 7.58. The smallest absolute Gasteiger partial charge is 0.325 e. The number of halogens is 4. The minimum absolute atomic E-state index is 0. The van der Waals surface area contributed by atoms with E-state index in [4.69, 9.17) is 5.73 Å². The van der Waals surface area contributed by atoms with Crippen LogP contribution in [0.2, 0.25) is 0 Å². The lowest BCUT2D eigenvalue weighted by molar-refractivity contribution is -0.134. The molecule has 0 bridgehead atoms. The fourth-order valence-electron chi connectivity index (χ4n) is 2.24. The highest BCUT2D eigenvalue weighted by Gasteiger charge is 2.26.